The first-order chi connectivity index (χ1) is 9.56. The molecule has 0 radical (unpaired) electrons. The van der Waals surface area contributed by atoms with Crippen molar-refractivity contribution in [2.45, 2.75) is 25.7 Å². The summed E-state index contributed by atoms with van der Waals surface area (Å²) in [6.45, 7) is 1.20. The number of piperidine rings is 1. The Kier molecular flexibility index (Phi) is 4.49. The zero-order valence-electron chi connectivity index (χ0n) is 11.0. The zero-order chi connectivity index (χ0) is 14.5. The summed E-state index contributed by atoms with van der Waals surface area (Å²) >= 11 is 0. The van der Waals surface area contributed by atoms with Crippen molar-refractivity contribution in [2.24, 2.45) is 5.92 Å². The lowest BCUT2D eigenvalue weighted by Gasteiger charge is -2.31. The number of amides is 1. The van der Waals surface area contributed by atoms with Crippen molar-refractivity contribution in [3.63, 3.8) is 0 Å². The highest BCUT2D eigenvalue weighted by Crippen LogP contribution is 2.22. The van der Waals surface area contributed by atoms with Crippen molar-refractivity contribution >= 4 is 11.9 Å². The predicted molar refractivity (Wildman–Crippen MR) is 70.4 cm³/mol. The number of carbonyl (C=O) groups excluding carboxylic acids is 1. The molecule has 1 fully saturated rings. The number of nitrogens with one attached hydrogen (secondary N) is 1. The molecule has 7 nitrogen and oxygen atoms in total. The van der Waals surface area contributed by atoms with Crippen LogP contribution >= 0.6 is 0 Å². The molecule has 2 rings (SSSR count). The number of aromatic nitrogens is 2. The van der Waals surface area contributed by atoms with Crippen molar-refractivity contribution in [1.29, 1.82) is 0 Å². The third kappa shape index (κ3) is 3.66. The van der Waals surface area contributed by atoms with E-state index in [1.165, 1.54) is 6.20 Å². The Morgan fingerprint density at radius 1 is 1.40 bits per heavy atom. The smallest absolute Gasteiger partial charge is 0.303 e. The van der Waals surface area contributed by atoms with Gasteiger partial charge in [0.1, 0.15) is 5.69 Å². The summed E-state index contributed by atoms with van der Waals surface area (Å²) < 4.78 is 0. The van der Waals surface area contributed by atoms with Crippen molar-refractivity contribution in [3.8, 4) is 0 Å². The zero-order valence-corrected chi connectivity index (χ0v) is 11.0. The highest BCUT2D eigenvalue weighted by molar-refractivity contribution is 5.92. The Bertz CT molecular complexity index is 526. The van der Waals surface area contributed by atoms with E-state index in [1.807, 2.05) is 0 Å². The molecule has 0 unspecified atom stereocenters. The van der Waals surface area contributed by atoms with Gasteiger partial charge in [-0.3, -0.25) is 14.4 Å². The van der Waals surface area contributed by atoms with E-state index in [-0.39, 0.29) is 23.6 Å². The van der Waals surface area contributed by atoms with Gasteiger partial charge in [-0.15, -0.1) is 0 Å². The molecule has 1 aliphatic rings. The Labute approximate surface area is 115 Å². The third-order valence-corrected chi connectivity index (χ3v) is 3.56. The summed E-state index contributed by atoms with van der Waals surface area (Å²) in [7, 11) is 0. The van der Waals surface area contributed by atoms with Crippen LogP contribution in [0.15, 0.2) is 17.2 Å². The SMILES string of the molecule is O=C(O)CCC1CCN(C(=O)c2c[nH]c(=O)cn2)CC1. The molecular formula is C13H17N3O4. The van der Waals surface area contributed by atoms with Gasteiger partial charge in [0.2, 0.25) is 0 Å². The summed E-state index contributed by atoms with van der Waals surface area (Å²) in [5.74, 6) is -0.613. The number of nitrogens with zero attached hydrogens (tertiary/aromatic N) is 2. The number of H-pyrrole nitrogens is 1. The Hall–Kier alpha value is -2.18. The van der Waals surface area contributed by atoms with Crippen LogP contribution in [0.3, 0.4) is 0 Å². The molecular weight excluding hydrogens is 262 g/mol. The number of aromatic amines is 1. The van der Waals surface area contributed by atoms with Crippen molar-refractivity contribution < 1.29 is 14.7 Å². The van der Waals surface area contributed by atoms with Crippen molar-refractivity contribution in [1.82, 2.24) is 14.9 Å². The first-order valence-corrected chi connectivity index (χ1v) is 6.62. The normalized spacial score (nSPS) is 16.1. The second kappa shape index (κ2) is 6.31. The van der Waals surface area contributed by atoms with Gasteiger partial charge >= 0.3 is 5.97 Å². The van der Waals surface area contributed by atoms with Crippen molar-refractivity contribution in [3.05, 3.63) is 28.4 Å². The van der Waals surface area contributed by atoms with Gasteiger partial charge in [-0.1, -0.05) is 0 Å². The molecule has 2 N–H and O–H groups in total. The minimum Gasteiger partial charge on any atom is -0.481 e. The van der Waals surface area contributed by atoms with Crippen LogP contribution in [0.2, 0.25) is 0 Å². The number of aliphatic carboxylic acids is 1. The molecule has 1 aromatic rings. The number of hydrogen-bond donors (Lipinski definition) is 2. The van der Waals surface area contributed by atoms with Crippen LogP contribution in [0.5, 0.6) is 0 Å². The first kappa shape index (κ1) is 14.2. The highest BCUT2D eigenvalue weighted by atomic mass is 16.4. The number of carbonyl (C=O) groups is 2. The van der Waals surface area contributed by atoms with E-state index in [4.69, 9.17) is 5.11 Å². The average molecular weight is 279 g/mol. The molecule has 20 heavy (non-hydrogen) atoms. The Morgan fingerprint density at radius 2 is 2.10 bits per heavy atom. The van der Waals surface area contributed by atoms with Gasteiger partial charge in [0.15, 0.2) is 0 Å². The second-order valence-electron chi connectivity index (χ2n) is 4.96. The fourth-order valence-corrected chi connectivity index (χ4v) is 2.37. The highest BCUT2D eigenvalue weighted by Gasteiger charge is 2.24. The molecule has 0 saturated carbocycles. The van der Waals surface area contributed by atoms with Crippen molar-refractivity contribution in [2.75, 3.05) is 13.1 Å². The topological polar surface area (TPSA) is 103 Å². The van der Waals surface area contributed by atoms with Crippen LogP contribution in [0.25, 0.3) is 0 Å². The van der Waals surface area contributed by atoms with Crippen LogP contribution in [0.4, 0.5) is 0 Å². The van der Waals surface area contributed by atoms with Gasteiger partial charge in [0, 0.05) is 25.7 Å². The molecule has 0 aliphatic carbocycles. The lowest BCUT2D eigenvalue weighted by molar-refractivity contribution is -0.137. The number of carboxylic acid groups (broad SMARTS) is 1. The Morgan fingerprint density at radius 3 is 2.65 bits per heavy atom. The molecule has 1 saturated heterocycles. The molecule has 1 aliphatic heterocycles. The van der Waals surface area contributed by atoms with E-state index in [2.05, 4.69) is 9.97 Å². The number of likely N-dealkylation sites (tertiary alicyclic amines) is 1. The second-order valence-corrected chi connectivity index (χ2v) is 4.96. The molecule has 2 heterocycles. The maximum absolute atomic E-state index is 12.1. The molecule has 0 atom stereocenters. The molecule has 7 heteroatoms. The summed E-state index contributed by atoms with van der Waals surface area (Å²) in [6.07, 6.45) is 4.87. The van der Waals surface area contributed by atoms with Gasteiger partial charge in [-0.2, -0.15) is 0 Å². The van der Waals surface area contributed by atoms with Gasteiger partial charge < -0.3 is 15.0 Å². The van der Waals surface area contributed by atoms with Gasteiger partial charge in [-0.25, -0.2) is 4.98 Å². The standard InChI is InChI=1S/C13H17N3O4/c17-11-8-14-10(7-15-11)13(20)16-5-3-9(4-6-16)1-2-12(18)19/h7-9H,1-6H2,(H,15,17)(H,18,19). The van der Waals surface area contributed by atoms with Crippen LogP contribution in [-0.4, -0.2) is 44.9 Å². The summed E-state index contributed by atoms with van der Waals surface area (Å²) in [4.78, 5) is 41.5. The van der Waals surface area contributed by atoms with Gasteiger partial charge in [0.05, 0.1) is 6.20 Å². The average Bonchev–Trinajstić information content (AvgIpc) is 2.46. The maximum atomic E-state index is 12.1. The third-order valence-electron chi connectivity index (χ3n) is 3.56. The summed E-state index contributed by atoms with van der Waals surface area (Å²) in [5.41, 5.74) is -0.109. The number of rotatable bonds is 4. The van der Waals surface area contributed by atoms with E-state index >= 15 is 0 Å². The van der Waals surface area contributed by atoms with Gasteiger partial charge in [-0.05, 0) is 25.2 Å². The van der Waals surface area contributed by atoms with Crippen LogP contribution in [0.1, 0.15) is 36.2 Å². The lowest BCUT2D eigenvalue weighted by Crippen LogP contribution is -2.39. The van der Waals surface area contributed by atoms with Crippen LogP contribution in [0, 0.1) is 5.92 Å². The summed E-state index contributed by atoms with van der Waals surface area (Å²) in [6, 6.07) is 0. The minimum atomic E-state index is -0.777. The molecule has 1 amide bonds. The van der Waals surface area contributed by atoms with E-state index < -0.39 is 5.97 Å². The largest absolute Gasteiger partial charge is 0.481 e. The Balaban J connectivity index is 1.87. The molecule has 0 spiro atoms. The monoisotopic (exact) mass is 279 g/mol. The molecule has 1 aromatic heterocycles. The maximum Gasteiger partial charge on any atom is 0.303 e. The van der Waals surface area contributed by atoms with E-state index in [1.54, 1.807) is 4.90 Å². The van der Waals surface area contributed by atoms with E-state index in [0.717, 1.165) is 19.0 Å². The van der Waals surface area contributed by atoms with E-state index in [9.17, 15) is 14.4 Å². The fraction of sp³-hybridized carbons (Fsp3) is 0.538. The number of hydrogen-bond acceptors (Lipinski definition) is 4. The lowest BCUT2D eigenvalue weighted by atomic mass is 9.92. The molecule has 0 bridgehead atoms. The minimum absolute atomic E-state index is 0.181. The fourth-order valence-electron chi connectivity index (χ4n) is 2.37. The molecule has 108 valence electrons. The quantitative estimate of drug-likeness (QED) is 0.834. The predicted octanol–water partition coefficient (Wildman–Crippen LogP) is 0.487. The molecule has 0 aromatic carbocycles. The van der Waals surface area contributed by atoms with Crippen LogP contribution in [-0.2, 0) is 4.79 Å². The van der Waals surface area contributed by atoms with Gasteiger partial charge in [0.25, 0.3) is 11.5 Å². The first-order valence-electron chi connectivity index (χ1n) is 6.62. The van der Waals surface area contributed by atoms with Crippen LogP contribution < -0.4 is 5.56 Å². The van der Waals surface area contributed by atoms with E-state index in [0.29, 0.717) is 25.4 Å². The number of carboxylic acids is 1. The summed E-state index contributed by atoms with van der Waals surface area (Å²) in [5, 5.41) is 8.65.